The molecule has 3 rings (SSSR count). The summed E-state index contributed by atoms with van der Waals surface area (Å²) in [5.41, 5.74) is 9.21. The Kier molecular flexibility index (Phi) is 6.90. The summed E-state index contributed by atoms with van der Waals surface area (Å²) in [6.07, 6.45) is 0.820. The lowest BCUT2D eigenvalue weighted by atomic mass is 10.0. The number of fused-ring (bicyclic) bond motifs is 1. The smallest absolute Gasteiger partial charge is 0.318 e. The van der Waals surface area contributed by atoms with Gasteiger partial charge in [-0.05, 0) is 35.7 Å². The van der Waals surface area contributed by atoms with Crippen molar-refractivity contribution >= 4 is 35.7 Å². The summed E-state index contributed by atoms with van der Waals surface area (Å²) in [7, 11) is 1.53. The molecule has 27 heavy (non-hydrogen) atoms. The second-order valence-corrected chi connectivity index (χ2v) is 6.10. The monoisotopic (exact) mass is 390 g/mol. The van der Waals surface area contributed by atoms with E-state index in [1.807, 2.05) is 18.2 Å². The average Bonchev–Trinajstić information content (AvgIpc) is 2.66. The molecular weight excluding hydrogens is 368 g/mol. The maximum atomic E-state index is 12.3. The van der Waals surface area contributed by atoms with Crippen molar-refractivity contribution in [1.29, 1.82) is 0 Å². The van der Waals surface area contributed by atoms with Crippen LogP contribution in [0.2, 0.25) is 0 Å². The minimum Gasteiger partial charge on any atom is -0.495 e. The summed E-state index contributed by atoms with van der Waals surface area (Å²) in [6, 6.07) is 12.8. The molecule has 2 aromatic carbocycles. The van der Waals surface area contributed by atoms with Gasteiger partial charge >= 0.3 is 6.03 Å². The third-order valence-corrected chi connectivity index (χ3v) is 4.33. The van der Waals surface area contributed by atoms with Crippen molar-refractivity contribution < 1.29 is 14.3 Å². The zero-order chi connectivity index (χ0) is 18.5. The van der Waals surface area contributed by atoms with Crippen molar-refractivity contribution in [2.24, 2.45) is 0 Å². The number of rotatable bonds is 4. The molecule has 1 aliphatic heterocycles. The number of carbonyl (C=O) groups is 2. The fraction of sp³-hybridized carbons (Fsp3) is 0.263. The molecule has 1 aliphatic rings. The number of urea groups is 1. The molecule has 0 fully saturated rings. The van der Waals surface area contributed by atoms with E-state index in [4.69, 9.17) is 10.5 Å². The standard InChI is InChI=1S/C19H22N4O3.ClH/c1-26-17-7-6-15(10-16(17)20)22-18(24)11-21-19(25)23-9-8-13-4-2-3-5-14(13)12-23;/h2-7,10H,8-9,11-12,20H2,1H3,(H,21,25)(H,22,24);1H. The number of ether oxygens (including phenoxy) is 1. The van der Waals surface area contributed by atoms with Gasteiger partial charge in [-0.1, -0.05) is 24.3 Å². The number of hydrogen-bond donors (Lipinski definition) is 3. The lowest BCUT2D eigenvalue weighted by molar-refractivity contribution is -0.115. The first-order chi connectivity index (χ1) is 12.6. The number of nitrogens with one attached hydrogen (secondary N) is 2. The summed E-state index contributed by atoms with van der Waals surface area (Å²) in [6.45, 7) is 1.08. The third kappa shape index (κ3) is 5.04. The maximum absolute atomic E-state index is 12.3. The predicted octanol–water partition coefficient (Wildman–Crippen LogP) is 2.41. The van der Waals surface area contributed by atoms with Gasteiger partial charge in [0.05, 0.1) is 19.3 Å². The van der Waals surface area contributed by atoms with Crippen LogP contribution in [-0.4, -0.2) is 37.0 Å². The number of nitrogens with zero attached hydrogens (tertiary/aromatic N) is 1. The van der Waals surface area contributed by atoms with E-state index in [1.54, 1.807) is 23.1 Å². The molecule has 144 valence electrons. The van der Waals surface area contributed by atoms with E-state index in [0.717, 1.165) is 12.0 Å². The summed E-state index contributed by atoms with van der Waals surface area (Å²) < 4.78 is 5.08. The molecule has 4 N–H and O–H groups in total. The second kappa shape index (κ2) is 9.14. The van der Waals surface area contributed by atoms with Crippen LogP contribution in [0.25, 0.3) is 0 Å². The van der Waals surface area contributed by atoms with Gasteiger partial charge in [0, 0.05) is 18.8 Å². The highest BCUT2D eigenvalue weighted by Crippen LogP contribution is 2.24. The highest BCUT2D eigenvalue weighted by molar-refractivity contribution is 5.94. The molecule has 2 aromatic rings. The quantitative estimate of drug-likeness (QED) is 0.698. The number of nitrogen functional groups attached to an aromatic ring is 1. The molecule has 3 amide bonds. The van der Waals surface area contributed by atoms with Crippen LogP contribution in [0.5, 0.6) is 5.75 Å². The molecule has 0 aliphatic carbocycles. The zero-order valence-corrected chi connectivity index (χ0v) is 15.8. The van der Waals surface area contributed by atoms with Crippen molar-refractivity contribution in [3.63, 3.8) is 0 Å². The molecule has 7 nitrogen and oxygen atoms in total. The van der Waals surface area contributed by atoms with Crippen molar-refractivity contribution in [3.8, 4) is 5.75 Å². The Morgan fingerprint density at radius 3 is 2.63 bits per heavy atom. The molecule has 1 heterocycles. The van der Waals surface area contributed by atoms with Gasteiger partial charge in [-0.25, -0.2) is 4.79 Å². The Bertz CT molecular complexity index is 828. The topological polar surface area (TPSA) is 96.7 Å². The number of benzene rings is 2. The molecule has 0 aromatic heterocycles. The number of nitrogens with two attached hydrogens (primary N) is 1. The van der Waals surface area contributed by atoms with Gasteiger partial charge in [-0.15, -0.1) is 12.4 Å². The van der Waals surface area contributed by atoms with Crippen LogP contribution < -0.4 is 21.1 Å². The fourth-order valence-electron chi connectivity index (χ4n) is 2.95. The van der Waals surface area contributed by atoms with Crippen LogP contribution in [0.3, 0.4) is 0 Å². The lowest BCUT2D eigenvalue weighted by Gasteiger charge is -2.28. The van der Waals surface area contributed by atoms with Crippen LogP contribution in [0.4, 0.5) is 16.2 Å². The van der Waals surface area contributed by atoms with Gasteiger partial charge in [0.25, 0.3) is 0 Å². The molecule has 0 bridgehead atoms. The highest BCUT2D eigenvalue weighted by Gasteiger charge is 2.20. The minimum atomic E-state index is -0.319. The number of hydrogen-bond acceptors (Lipinski definition) is 4. The van der Waals surface area contributed by atoms with E-state index < -0.39 is 0 Å². The van der Waals surface area contributed by atoms with Crippen molar-refractivity contribution in [3.05, 3.63) is 53.6 Å². The molecular formula is C19H23ClN4O3. The Labute approximate surface area is 164 Å². The van der Waals surface area contributed by atoms with E-state index in [9.17, 15) is 9.59 Å². The van der Waals surface area contributed by atoms with Crippen molar-refractivity contribution in [2.75, 3.05) is 31.2 Å². The van der Waals surface area contributed by atoms with E-state index in [0.29, 0.717) is 30.2 Å². The first-order valence-electron chi connectivity index (χ1n) is 8.39. The summed E-state index contributed by atoms with van der Waals surface area (Å²) in [4.78, 5) is 26.1. The Morgan fingerprint density at radius 2 is 1.93 bits per heavy atom. The molecule has 0 unspecified atom stereocenters. The number of halogens is 1. The molecule has 0 radical (unpaired) electrons. The van der Waals surface area contributed by atoms with Crippen LogP contribution in [0, 0.1) is 0 Å². The third-order valence-electron chi connectivity index (χ3n) is 4.33. The normalized spacial score (nSPS) is 12.4. The second-order valence-electron chi connectivity index (χ2n) is 6.10. The fourth-order valence-corrected chi connectivity index (χ4v) is 2.95. The van der Waals surface area contributed by atoms with Crippen LogP contribution in [-0.2, 0) is 17.8 Å². The van der Waals surface area contributed by atoms with Gasteiger partial charge < -0.3 is 26.0 Å². The average molecular weight is 391 g/mol. The number of carbonyl (C=O) groups excluding carboxylic acids is 2. The Hall–Kier alpha value is -2.93. The van der Waals surface area contributed by atoms with Crippen LogP contribution in [0.15, 0.2) is 42.5 Å². The minimum absolute atomic E-state index is 0. The SMILES string of the molecule is COc1ccc(NC(=O)CNC(=O)N2CCc3ccccc3C2)cc1N.Cl. The summed E-state index contributed by atoms with van der Waals surface area (Å²) >= 11 is 0. The molecule has 0 saturated carbocycles. The summed E-state index contributed by atoms with van der Waals surface area (Å²) in [5, 5.41) is 5.36. The van der Waals surface area contributed by atoms with E-state index in [-0.39, 0.29) is 30.9 Å². The Balaban J connectivity index is 0.00000261. The Morgan fingerprint density at radius 1 is 1.19 bits per heavy atom. The molecule has 0 atom stereocenters. The predicted molar refractivity (Wildman–Crippen MR) is 107 cm³/mol. The summed E-state index contributed by atoms with van der Waals surface area (Å²) in [5.74, 6) is 0.224. The van der Waals surface area contributed by atoms with Crippen LogP contribution in [0.1, 0.15) is 11.1 Å². The molecule has 0 saturated heterocycles. The molecule has 0 spiro atoms. The van der Waals surface area contributed by atoms with Crippen molar-refractivity contribution in [2.45, 2.75) is 13.0 Å². The van der Waals surface area contributed by atoms with E-state index in [2.05, 4.69) is 16.7 Å². The molecule has 8 heteroatoms. The van der Waals surface area contributed by atoms with Crippen molar-refractivity contribution in [1.82, 2.24) is 10.2 Å². The van der Waals surface area contributed by atoms with Gasteiger partial charge in [-0.3, -0.25) is 4.79 Å². The number of amides is 3. The zero-order valence-electron chi connectivity index (χ0n) is 15.0. The first-order valence-corrected chi connectivity index (χ1v) is 8.39. The number of anilines is 2. The van der Waals surface area contributed by atoms with E-state index >= 15 is 0 Å². The van der Waals surface area contributed by atoms with Gasteiger partial charge in [0.2, 0.25) is 5.91 Å². The maximum Gasteiger partial charge on any atom is 0.318 e. The van der Waals surface area contributed by atoms with Gasteiger partial charge in [0.1, 0.15) is 5.75 Å². The van der Waals surface area contributed by atoms with Gasteiger partial charge in [0.15, 0.2) is 0 Å². The lowest BCUT2D eigenvalue weighted by Crippen LogP contribution is -2.45. The van der Waals surface area contributed by atoms with Gasteiger partial charge in [-0.2, -0.15) is 0 Å². The largest absolute Gasteiger partial charge is 0.495 e. The first kappa shape index (κ1) is 20.4. The van der Waals surface area contributed by atoms with Crippen LogP contribution >= 0.6 is 12.4 Å². The van der Waals surface area contributed by atoms with E-state index in [1.165, 1.54) is 12.7 Å². The number of methoxy groups -OCH3 is 1. The highest BCUT2D eigenvalue weighted by atomic mass is 35.5.